The molecule has 0 unspecified atom stereocenters. The molecule has 4 aromatic rings. The third-order valence-electron chi connectivity index (χ3n) is 4.42. The van der Waals surface area contributed by atoms with Crippen LogP contribution in [0.3, 0.4) is 0 Å². The van der Waals surface area contributed by atoms with Crippen LogP contribution < -0.4 is 9.46 Å². The van der Waals surface area contributed by atoms with Crippen molar-refractivity contribution in [3.63, 3.8) is 0 Å². The highest BCUT2D eigenvalue weighted by molar-refractivity contribution is 7.92. The maximum absolute atomic E-state index is 12.8. The Labute approximate surface area is 168 Å². The zero-order valence-corrected chi connectivity index (χ0v) is 17.0. The second kappa shape index (κ2) is 7.21. The van der Waals surface area contributed by atoms with Crippen LogP contribution in [-0.2, 0) is 10.0 Å². The predicted octanol–water partition coefficient (Wildman–Crippen LogP) is 2.98. The number of fused-ring (bicyclic) bond motifs is 1. The Morgan fingerprint density at radius 3 is 2.69 bits per heavy atom. The van der Waals surface area contributed by atoms with Crippen molar-refractivity contribution in [1.82, 2.24) is 23.9 Å². The van der Waals surface area contributed by atoms with Crippen LogP contribution in [-0.4, -0.2) is 39.4 Å². The first-order chi connectivity index (χ1) is 13.9. The van der Waals surface area contributed by atoms with Gasteiger partial charge in [-0.05, 0) is 38.1 Å². The zero-order chi connectivity index (χ0) is 20.6. The summed E-state index contributed by atoms with van der Waals surface area (Å²) >= 11 is 0. The fourth-order valence-electron chi connectivity index (χ4n) is 2.85. The molecule has 0 amide bonds. The molecule has 3 aromatic heterocycles. The van der Waals surface area contributed by atoms with Gasteiger partial charge in [0.05, 0.1) is 24.8 Å². The van der Waals surface area contributed by atoms with E-state index in [-0.39, 0.29) is 11.1 Å². The summed E-state index contributed by atoms with van der Waals surface area (Å²) in [6, 6.07) is 7.09. The van der Waals surface area contributed by atoms with E-state index in [1.807, 2.05) is 38.4 Å². The number of nitrogens with one attached hydrogen (secondary N) is 1. The van der Waals surface area contributed by atoms with Crippen molar-refractivity contribution in [2.45, 2.75) is 24.9 Å². The molecule has 0 fully saturated rings. The first-order valence-electron chi connectivity index (χ1n) is 8.92. The Morgan fingerprint density at radius 2 is 2.00 bits per heavy atom. The second-order valence-electron chi connectivity index (χ2n) is 6.73. The largest absolute Gasteiger partial charge is 0.495 e. The maximum Gasteiger partial charge on any atom is 0.281 e. The minimum atomic E-state index is -3.88. The van der Waals surface area contributed by atoms with Gasteiger partial charge in [-0.15, -0.1) is 0 Å². The molecule has 9 nitrogen and oxygen atoms in total. The monoisotopic (exact) mass is 412 g/mol. The first-order valence-corrected chi connectivity index (χ1v) is 10.4. The number of aromatic nitrogens is 5. The lowest BCUT2D eigenvalue weighted by Crippen LogP contribution is -2.14. The van der Waals surface area contributed by atoms with Gasteiger partial charge in [-0.25, -0.2) is 15.0 Å². The van der Waals surface area contributed by atoms with Gasteiger partial charge in [0, 0.05) is 36.4 Å². The Hall–Kier alpha value is -3.40. The molecule has 10 heteroatoms. The number of benzene rings is 1. The van der Waals surface area contributed by atoms with Crippen LogP contribution in [0.1, 0.15) is 19.9 Å². The number of rotatable bonds is 6. The molecule has 150 valence electrons. The highest BCUT2D eigenvalue weighted by Gasteiger charge is 2.21. The molecule has 0 aliphatic rings. The van der Waals surface area contributed by atoms with Gasteiger partial charge in [0.1, 0.15) is 5.75 Å². The molecule has 0 saturated heterocycles. The number of hydrogen-bond donors (Lipinski definition) is 1. The van der Waals surface area contributed by atoms with Gasteiger partial charge in [0.2, 0.25) is 5.78 Å². The lowest BCUT2D eigenvalue weighted by Gasteiger charge is -2.12. The van der Waals surface area contributed by atoms with E-state index < -0.39 is 10.0 Å². The van der Waals surface area contributed by atoms with E-state index in [4.69, 9.17) is 4.74 Å². The summed E-state index contributed by atoms with van der Waals surface area (Å²) in [4.78, 5) is 12.7. The van der Waals surface area contributed by atoms with Crippen molar-refractivity contribution in [2.24, 2.45) is 0 Å². The number of sulfonamides is 1. The molecule has 0 bridgehead atoms. The van der Waals surface area contributed by atoms with E-state index in [2.05, 4.69) is 19.7 Å². The van der Waals surface area contributed by atoms with Crippen LogP contribution in [0.4, 0.5) is 5.69 Å². The third-order valence-corrected chi connectivity index (χ3v) is 5.67. The van der Waals surface area contributed by atoms with Crippen molar-refractivity contribution < 1.29 is 13.2 Å². The third kappa shape index (κ3) is 3.66. The van der Waals surface area contributed by atoms with Gasteiger partial charge in [-0.3, -0.25) is 9.12 Å². The topological polar surface area (TPSA) is 103 Å². The van der Waals surface area contributed by atoms with E-state index in [0.717, 1.165) is 5.56 Å². The van der Waals surface area contributed by atoms with Crippen molar-refractivity contribution >= 4 is 21.5 Å². The number of anilines is 1. The summed E-state index contributed by atoms with van der Waals surface area (Å²) in [6.45, 7) is 3.89. The summed E-state index contributed by atoms with van der Waals surface area (Å²) in [7, 11) is -2.40. The molecule has 3 heterocycles. The zero-order valence-electron chi connectivity index (χ0n) is 16.1. The van der Waals surface area contributed by atoms with Crippen molar-refractivity contribution in [1.29, 1.82) is 0 Å². The van der Waals surface area contributed by atoms with Crippen LogP contribution in [0.25, 0.3) is 17.0 Å². The van der Waals surface area contributed by atoms with Gasteiger partial charge in [-0.2, -0.15) is 8.42 Å². The Bertz CT molecular complexity index is 1240. The molecule has 1 N–H and O–H groups in total. The van der Waals surface area contributed by atoms with Crippen LogP contribution in [0, 0.1) is 0 Å². The smallest absolute Gasteiger partial charge is 0.281 e. The SMILES string of the molecule is COc1ccc(-c2cn3cccnc3n2)cc1NS(=O)(=O)c1cn(C(C)C)cn1. The Balaban J connectivity index is 1.71. The van der Waals surface area contributed by atoms with Crippen LogP contribution in [0.5, 0.6) is 5.75 Å². The van der Waals surface area contributed by atoms with Crippen molar-refractivity contribution in [3.8, 4) is 17.0 Å². The fourth-order valence-corrected chi connectivity index (χ4v) is 3.85. The van der Waals surface area contributed by atoms with Crippen LogP contribution >= 0.6 is 0 Å². The minimum Gasteiger partial charge on any atom is -0.495 e. The van der Waals surface area contributed by atoms with Gasteiger partial charge in [-0.1, -0.05) is 0 Å². The van der Waals surface area contributed by atoms with E-state index in [9.17, 15) is 8.42 Å². The van der Waals surface area contributed by atoms with E-state index >= 15 is 0 Å². The number of methoxy groups -OCH3 is 1. The van der Waals surface area contributed by atoms with Gasteiger partial charge in [0.25, 0.3) is 10.0 Å². The molecule has 0 atom stereocenters. The first kappa shape index (κ1) is 18.9. The van der Waals surface area contributed by atoms with Crippen LogP contribution in [0.2, 0.25) is 0 Å². The molecule has 4 rings (SSSR count). The highest BCUT2D eigenvalue weighted by atomic mass is 32.2. The van der Waals surface area contributed by atoms with E-state index in [1.54, 1.807) is 27.3 Å². The molecule has 0 saturated carbocycles. The molecule has 29 heavy (non-hydrogen) atoms. The molecule has 0 spiro atoms. The van der Waals surface area contributed by atoms with Crippen molar-refractivity contribution in [2.75, 3.05) is 11.8 Å². The van der Waals surface area contributed by atoms with E-state index in [1.165, 1.54) is 19.6 Å². The molecule has 0 aliphatic carbocycles. The standard InChI is InChI=1S/C19H20N6O3S/c1-13(2)25-11-18(21-12-25)29(26,27)23-15-9-14(5-6-17(15)28-3)16-10-24-8-4-7-20-19(24)22-16/h4-13,23H,1-3H3. The highest BCUT2D eigenvalue weighted by Crippen LogP contribution is 2.32. The van der Waals surface area contributed by atoms with E-state index in [0.29, 0.717) is 22.9 Å². The average molecular weight is 412 g/mol. The van der Waals surface area contributed by atoms with Gasteiger partial charge >= 0.3 is 0 Å². The maximum atomic E-state index is 12.8. The van der Waals surface area contributed by atoms with Gasteiger partial charge in [0.15, 0.2) is 5.03 Å². The molecular weight excluding hydrogens is 392 g/mol. The lowest BCUT2D eigenvalue weighted by molar-refractivity contribution is 0.417. The van der Waals surface area contributed by atoms with Crippen molar-refractivity contribution in [3.05, 3.63) is 55.4 Å². The summed E-state index contributed by atoms with van der Waals surface area (Å²) in [6.07, 6.45) is 8.33. The summed E-state index contributed by atoms with van der Waals surface area (Å²) in [5, 5.41) is -0.0596. The Kier molecular flexibility index (Phi) is 4.71. The quantitative estimate of drug-likeness (QED) is 0.522. The molecular formula is C19H20N6O3S. The summed E-state index contributed by atoms with van der Waals surface area (Å²) < 4.78 is 37.1. The predicted molar refractivity (Wildman–Crippen MR) is 108 cm³/mol. The lowest BCUT2D eigenvalue weighted by atomic mass is 10.1. The van der Waals surface area contributed by atoms with Crippen LogP contribution in [0.15, 0.2) is 60.4 Å². The summed E-state index contributed by atoms with van der Waals surface area (Å²) in [5.41, 5.74) is 1.69. The number of nitrogens with zero attached hydrogens (tertiary/aromatic N) is 5. The average Bonchev–Trinajstić information content (AvgIpc) is 3.35. The number of hydrogen-bond acceptors (Lipinski definition) is 6. The molecule has 1 aromatic carbocycles. The fraction of sp³-hybridized carbons (Fsp3) is 0.211. The Morgan fingerprint density at radius 1 is 1.17 bits per heavy atom. The molecule has 0 radical (unpaired) electrons. The number of ether oxygens (including phenoxy) is 1. The minimum absolute atomic E-state index is 0.0596. The second-order valence-corrected chi connectivity index (χ2v) is 8.36. The molecule has 0 aliphatic heterocycles. The summed E-state index contributed by atoms with van der Waals surface area (Å²) in [5.74, 6) is 0.946. The normalized spacial score (nSPS) is 11.9. The van der Waals surface area contributed by atoms with Gasteiger partial charge < -0.3 is 9.30 Å². The number of imidazole rings is 2.